The Labute approximate surface area is 130 Å². The molecule has 0 bridgehead atoms. The number of rotatable bonds is 3. The average molecular weight is 296 g/mol. The van der Waals surface area contributed by atoms with Crippen molar-refractivity contribution < 1.29 is 9.53 Å². The van der Waals surface area contributed by atoms with Gasteiger partial charge in [0, 0.05) is 6.04 Å². The summed E-state index contributed by atoms with van der Waals surface area (Å²) in [5.41, 5.74) is 1.03. The molecule has 1 heterocycles. The Morgan fingerprint density at radius 1 is 1.14 bits per heavy atom. The van der Waals surface area contributed by atoms with Gasteiger partial charge in [-0.1, -0.05) is 49.6 Å². The number of hydrogen-bond acceptors (Lipinski definition) is 4. The molecule has 1 fully saturated rings. The fourth-order valence-corrected chi connectivity index (χ4v) is 3.19. The SMILES string of the molecule is N#CC1=C(NC2CCCCC2)OCC(c2ccccc2)C1=O. The number of carbonyl (C=O) groups is 1. The number of Topliss-reactive ketones (excluding diaryl/α,β-unsaturated/α-hetero) is 1. The Morgan fingerprint density at radius 2 is 1.86 bits per heavy atom. The van der Waals surface area contributed by atoms with Gasteiger partial charge < -0.3 is 10.1 Å². The highest BCUT2D eigenvalue weighted by Gasteiger charge is 2.33. The van der Waals surface area contributed by atoms with Gasteiger partial charge in [-0.25, -0.2) is 0 Å². The topological polar surface area (TPSA) is 62.1 Å². The molecule has 1 unspecified atom stereocenters. The van der Waals surface area contributed by atoms with E-state index in [4.69, 9.17) is 4.74 Å². The molecule has 0 spiro atoms. The molecule has 22 heavy (non-hydrogen) atoms. The van der Waals surface area contributed by atoms with Gasteiger partial charge in [-0.15, -0.1) is 0 Å². The molecule has 1 atom stereocenters. The van der Waals surface area contributed by atoms with E-state index in [1.807, 2.05) is 36.4 Å². The maximum Gasteiger partial charge on any atom is 0.209 e. The van der Waals surface area contributed by atoms with Gasteiger partial charge >= 0.3 is 0 Å². The summed E-state index contributed by atoms with van der Waals surface area (Å²) in [5, 5.41) is 12.7. The average Bonchev–Trinajstić information content (AvgIpc) is 2.57. The van der Waals surface area contributed by atoms with Crippen molar-refractivity contribution in [1.82, 2.24) is 5.32 Å². The molecule has 1 saturated carbocycles. The van der Waals surface area contributed by atoms with Crippen molar-refractivity contribution in [2.45, 2.75) is 44.1 Å². The number of carbonyl (C=O) groups excluding carboxylic acids is 1. The van der Waals surface area contributed by atoms with E-state index < -0.39 is 0 Å². The van der Waals surface area contributed by atoms with E-state index in [1.165, 1.54) is 19.3 Å². The summed E-state index contributed by atoms with van der Waals surface area (Å²) in [4.78, 5) is 12.6. The van der Waals surface area contributed by atoms with Crippen molar-refractivity contribution in [2.75, 3.05) is 6.61 Å². The molecule has 4 nitrogen and oxygen atoms in total. The summed E-state index contributed by atoms with van der Waals surface area (Å²) < 4.78 is 5.75. The van der Waals surface area contributed by atoms with Crippen LogP contribution in [-0.2, 0) is 9.53 Å². The summed E-state index contributed by atoms with van der Waals surface area (Å²) >= 11 is 0. The lowest BCUT2D eigenvalue weighted by Crippen LogP contribution is -2.37. The number of hydrogen-bond donors (Lipinski definition) is 1. The summed E-state index contributed by atoms with van der Waals surface area (Å²) in [5.74, 6) is -0.141. The Hall–Kier alpha value is -2.28. The van der Waals surface area contributed by atoms with Crippen molar-refractivity contribution in [3.05, 3.63) is 47.4 Å². The lowest BCUT2D eigenvalue weighted by molar-refractivity contribution is -0.119. The fourth-order valence-electron chi connectivity index (χ4n) is 3.19. The zero-order valence-electron chi connectivity index (χ0n) is 12.5. The Morgan fingerprint density at radius 3 is 2.55 bits per heavy atom. The highest BCUT2D eigenvalue weighted by Crippen LogP contribution is 2.28. The molecular weight excluding hydrogens is 276 g/mol. The third kappa shape index (κ3) is 2.99. The van der Waals surface area contributed by atoms with Gasteiger partial charge in [0.1, 0.15) is 12.7 Å². The van der Waals surface area contributed by atoms with Gasteiger partial charge in [-0.3, -0.25) is 4.79 Å². The van der Waals surface area contributed by atoms with Gasteiger partial charge in [0.25, 0.3) is 0 Å². The third-order valence-electron chi connectivity index (χ3n) is 4.44. The zero-order chi connectivity index (χ0) is 15.4. The van der Waals surface area contributed by atoms with Crippen LogP contribution in [-0.4, -0.2) is 18.4 Å². The highest BCUT2D eigenvalue weighted by molar-refractivity contribution is 6.04. The van der Waals surface area contributed by atoms with Gasteiger partial charge in [-0.05, 0) is 18.4 Å². The maximum absolute atomic E-state index is 12.6. The summed E-state index contributed by atoms with van der Waals surface area (Å²) in [6.07, 6.45) is 5.78. The fraction of sp³-hybridized carbons (Fsp3) is 0.444. The molecule has 0 radical (unpaired) electrons. The van der Waals surface area contributed by atoms with Crippen LogP contribution in [0.15, 0.2) is 41.8 Å². The minimum atomic E-state index is -0.382. The number of nitrogens with zero attached hydrogens (tertiary/aromatic N) is 1. The first-order valence-electron chi connectivity index (χ1n) is 7.92. The van der Waals surface area contributed by atoms with E-state index in [0.717, 1.165) is 18.4 Å². The van der Waals surface area contributed by atoms with Crippen molar-refractivity contribution in [2.24, 2.45) is 0 Å². The Balaban J connectivity index is 1.79. The minimum Gasteiger partial charge on any atom is -0.477 e. The van der Waals surface area contributed by atoms with E-state index in [-0.39, 0.29) is 17.3 Å². The van der Waals surface area contributed by atoms with Crippen LogP contribution in [0.1, 0.15) is 43.6 Å². The smallest absolute Gasteiger partial charge is 0.209 e. The first kappa shape index (κ1) is 14.6. The number of ether oxygens (including phenoxy) is 1. The molecular formula is C18H20N2O2. The first-order chi connectivity index (χ1) is 10.8. The van der Waals surface area contributed by atoms with Gasteiger partial charge in [0.2, 0.25) is 5.88 Å². The second kappa shape index (κ2) is 6.65. The molecule has 114 valence electrons. The van der Waals surface area contributed by atoms with Crippen LogP contribution >= 0.6 is 0 Å². The third-order valence-corrected chi connectivity index (χ3v) is 4.44. The van der Waals surface area contributed by atoms with Crippen LogP contribution in [0.5, 0.6) is 0 Å². The molecule has 1 aliphatic carbocycles. The van der Waals surface area contributed by atoms with E-state index in [1.54, 1.807) is 0 Å². The van der Waals surface area contributed by atoms with Crippen LogP contribution in [0.4, 0.5) is 0 Å². The van der Waals surface area contributed by atoms with Crippen LogP contribution < -0.4 is 5.32 Å². The van der Waals surface area contributed by atoms with Crippen LogP contribution in [0, 0.1) is 11.3 Å². The van der Waals surface area contributed by atoms with E-state index in [2.05, 4.69) is 5.32 Å². The molecule has 3 rings (SSSR count). The van der Waals surface area contributed by atoms with Gasteiger partial charge in [0.05, 0.1) is 5.92 Å². The summed E-state index contributed by atoms with van der Waals surface area (Å²) in [6, 6.07) is 11.9. The molecule has 2 aliphatic rings. The largest absolute Gasteiger partial charge is 0.477 e. The number of ketones is 1. The number of benzene rings is 1. The van der Waals surface area contributed by atoms with Crippen molar-refractivity contribution in [1.29, 1.82) is 5.26 Å². The summed E-state index contributed by atoms with van der Waals surface area (Å²) in [6.45, 7) is 0.295. The highest BCUT2D eigenvalue weighted by atomic mass is 16.5. The van der Waals surface area contributed by atoms with Crippen LogP contribution in [0.25, 0.3) is 0 Å². The molecule has 0 saturated heterocycles. The molecule has 1 aliphatic heterocycles. The Kier molecular flexibility index (Phi) is 4.43. The predicted molar refractivity (Wildman–Crippen MR) is 82.8 cm³/mol. The number of nitriles is 1. The van der Waals surface area contributed by atoms with Gasteiger partial charge in [0.15, 0.2) is 11.4 Å². The van der Waals surface area contributed by atoms with E-state index >= 15 is 0 Å². The Bertz CT molecular complexity index is 610. The maximum atomic E-state index is 12.6. The lowest BCUT2D eigenvalue weighted by Gasteiger charge is -2.29. The quantitative estimate of drug-likeness (QED) is 0.931. The summed E-state index contributed by atoms with van der Waals surface area (Å²) in [7, 11) is 0. The lowest BCUT2D eigenvalue weighted by atomic mass is 9.89. The second-order valence-electron chi connectivity index (χ2n) is 5.93. The molecule has 1 N–H and O–H groups in total. The predicted octanol–water partition coefficient (Wildman–Crippen LogP) is 3.03. The molecule has 0 aromatic heterocycles. The normalized spacial score (nSPS) is 22.9. The molecule has 1 aromatic rings. The van der Waals surface area contributed by atoms with Crippen molar-refractivity contribution >= 4 is 5.78 Å². The number of allylic oxidation sites excluding steroid dienone is 1. The first-order valence-corrected chi connectivity index (χ1v) is 7.92. The minimum absolute atomic E-state index is 0.130. The van der Waals surface area contributed by atoms with E-state index in [9.17, 15) is 10.1 Å². The van der Waals surface area contributed by atoms with Crippen LogP contribution in [0.2, 0.25) is 0 Å². The van der Waals surface area contributed by atoms with Crippen molar-refractivity contribution in [3.63, 3.8) is 0 Å². The van der Waals surface area contributed by atoms with Gasteiger partial charge in [-0.2, -0.15) is 5.26 Å². The second-order valence-corrected chi connectivity index (χ2v) is 5.93. The molecule has 1 aromatic carbocycles. The monoisotopic (exact) mass is 296 g/mol. The zero-order valence-corrected chi connectivity index (χ0v) is 12.5. The standard InChI is InChI=1S/C18H20N2O2/c19-11-15-17(21)16(13-7-3-1-4-8-13)12-22-18(15)20-14-9-5-2-6-10-14/h1,3-4,7-8,14,16,20H,2,5-6,9-10,12H2. The molecule has 0 amide bonds. The number of nitrogens with one attached hydrogen (secondary N) is 1. The molecule has 4 heteroatoms. The van der Waals surface area contributed by atoms with Crippen LogP contribution in [0.3, 0.4) is 0 Å². The van der Waals surface area contributed by atoms with Crippen molar-refractivity contribution in [3.8, 4) is 6.07 Å². The van der Waals surface area contributed by atoms with E-state index in [0.29, 0.717) is 18.5 Å².